The monoisotopic (exact) mass is 412 g/mol. The van der Waals surface area contributed by atoms with E-state index in [1.165, 1.54) is 25.3 Å². The minimum atomic E-state index is -0.595. The van der Waals surface area contributed by atoms with Crippen molar-refractivity contribution in [2.75, 3.05) is 12.4 Å². The number of hydrogen-bond donors (Lipinski definition) is 1. The highest BCUT2D eigenvalue weighted by Crippen LogP contribution is 2.28. The molecule has 3 aromatic rings. The number of nitrogens with one attached hydrogen (secondary N) is 1. The van der Waals surface area contributed by atoms with Gasteiger partial charge in [-0.05, 0) is 54.1 Å². The van der Waals surface area contributed by atoms with Gasteiger partial charge >= 0.3 is 5.69 Å². The van der Waals surface area contributed by atoms with Crippen molar-refractivity contribution < 1.29 is 19.2 Å². The van der Waals surface area contributed by atoms with Crippen LogP contribution in [-0.2, 0) is 6.61 Å². The van der Waals surface area contributed by atoms with Crippen molar-refractivity contribution in [2.45, 2.75) is 6.61 Å². The van der Waals surface area contributed by atoms with Crippen molar-refractivity contribution >= 4 is 28.9 Å². The van der Waals surface area contributed by atoms with Crippen LogP contribution in [0.3, 0.4) is 0 Å². The van der Waals surface area contributed by atoms with E-state index < -0.39 is 10.8 Å². The molecule has 0 saturated heterocycles. The third-order valence-corrected chi connectivity index (χ3v) is 4.32. The summed E-state index contributed by atoms with van der Waals surface area (Å²) >= 11 is 5.86. The lowest BCUT2D eigenvalue weighted by atomic mass is 10.1. The number of amides is 1. The number of carbonyl (C=O) groups is 1. The third-order valence-electron chi connectivity index (χ3n) is 4.07. The Morgan fingerprint density at radius 1 is 1.07 bits per heavy atom. The maximum absolute atomic E-state index is 12.4. The molecular formula is C21H17ClN2O5. The Kier molecular flexibility index (Phi) is 6.31. The molecule has 1 N–H and O–H groups in total. The van der Waals surface area contributed by atoms with E-state index in [1.807, 2.05) is 12.1 Å². The zero-order chi connectivity index (χ0) is 20.8. The highest BCUT2D eigenvalue weighted by Gasteiger charge is 2.18. The van der Waals surface area contributed by atoms with Crippen LogP contribution < -0.4 is 14.8 Å². The molecule has 3 rings (SSSR count). The number of nitro groups is 1. The standard InChI is InChI=1S/C21H17ClN2O5/c1-28-20-11-4-15(12-19(20)24(26)27)21(25)23-17-7-9-18(10-8-17)29-13-14-2-5-16(22)6-3-14/h2-12H,13H2,1H3,(H,23,25). The van der Waals surface area contributed by atoms with Crippen molar-refractivity contribution in [2.24, 2.45) is 0 Å². The molecule has 7 nitrogen and oxygen atoms in total. The number of nitro benzene ring substituents is 1. The Morgan fingerprint density at radius 3 is 2.38 bits per heavy atom. The molecular weight excluding hydrogens is 396 g/mol. The average Bonchev–Trinajstić information content (AvgIpc) is 2.73. The smallest absolute Gasteiger partial charge is 0.311 e. The molecule has 3 aromatic carbocycles. The Hall–Kier alpha value is -3.58. The molecule has 0 aliphatic carbocycles. The second kappa shape index (κ2) is 9.07. The van der Waals surface area contributed by atoms with Crippen LogP contribution in [0.5, 0.6) is 11.5 Å². The zero-order valence-electron chi connectivity index (χ0n) is 15.4. The van der Waals surface area contributed by atoms with Crippen molar-refractivity contribution in [1.82, 2.24) is 0 Å². The quantitative estimate of drug-likeness (QED) is 0.431. The van der Waals surface area contributed by atoms with Gasteiger partial charge in [-0.1, -0.05) is 23.7 Å². The van der Waals surface area contributed by atoms with Gasteiger partial charge < -0.3 is 14.8 Å². The largest absolute Gasteiger partial charge is 0.490 e. The Bertz CT molecular complexity index is 1020. The van der Waals surface area contributed by atoms with Gasteiger partial charge in [0.2, 0.25) is 0 Å². The maximum atomic E-state index is 12.4. The number of halogens is 1. The van der Waals surface area contributed by atoms with E-state index in [2.05, 4.69) is 5.32 Å². The number of benzene rings is 3. The van der Waals surface area contributed by atoms with Gasteiger partial charge in [0, 0.05) is 22.3 Å². The number of rotatable bonds is 7. The van der Waals surface area contributed by atoms with Crippen LogP contribution in [0.4, 0.5) is 11.4 Å². The van der Waals surface area contributed by atoms with Crippen LogP contribution in [0.2, 0.25) is 5.02 Å². The first kappa shape index (κ1) is 20.2. The van der Waals surface area contributed by atoms with E-state index in [0.29, 0.717) is 23.1 Å². The Morgan fingerprint density at radius 2 is 1.76 bits per heavy atom. The molecule has 0 aliphatic heterocycles. The van der Waals surface area contributed by atoms with E-state index in [9.17, 15) is 14.9 Å². The summed E-state index contributed by atoms with van der Waals surface area (Å²) in [6.07, 6.45) is 0. The third kappa shape index (κ3) is 5.24. The number of hydrogen-bond acceptors (Lipinski definition) is 5. The molecule has 0 spiro atoms. The molecule has 1 amide bonds. The van der Waals surface area contributed by atoms with E-state index in [0.717, 1.165) is 5.56 Å². The topological polar surface area (TPSA) is 90.7 Å². The fraction of sp³-hybridized carbons (Fsp3) is 0.0952. The normalized spacial score (nSPS) is 10.3. The fourth-order valence-corrected chi connectivity index (χ4v) is 2.68. The van der Waals surface area contributed by atoms with E-state index in [-0.39, 0.29) is 17.0 Å². The molecule has 0 aliphatic rings. The summed E-state index contributed by atoms with van der Waals surface area (Å²) in [4.78, 5) is 22.9. The number of carbonyl (C=O) groups excluding carboxylic acids is 1. The van der Waals surface area contributed by atoms with Gasteiger partial charge in [0.25, 0.3) is 5.91 Å². The number of ether oxygens (including phenoxy) is 2. The molecule has 0 unspecified atom stereocenters. The maximum Gasteiger partial charge on any atom is 0.311 e. The summed E-state index contributed by atoms with van der Waals surface area (Å²) in [6, 6.07) is 18.2. The number of nitrogens with zero attached hydrogens (tertiary/aromatic N) is 1. The Labute approximate surface area is 172 Å². The molecule has 0 atom stereocenters. The van der Waals surface area contributed by atoms with Crippen molar-refractivity contribution in [1.29, 1.82) is 0 Å². The molecule has 8 heteroatoms. The zero-order valence-corrected chi connectivity index (χ0v) is 16.2. The van der Waals surface area contributed by atoms with Gasteiger partial charge in [-0.3, -0.25) is 14.9 Å². The van der Waals surface area contributed by atoms with Gasteiger partial charge in [-0.2, -0.15) is 0 Å². The summed E-state index contributed by atoms with van der Waals surface area (Å²) in [5, 5.41) is 14.5. The van der Waals surface area contributed by atoms with Crippen LogP contribution in [0.15, 0.2) is 66.7 Å². The molecule has 0 saturated carbocycles. The number of methoxy groups -OCH3 is 1. The average molecular weight is 413 g/mol. The predicted molar refractivity (Wildman–Crippen MR) is 110 cm³/mol. The highest BCUT2D eigenvalue weighted by molar-refractivity contribution is 6.30. The molecule has 0 radical (unpaired) electrons. The number of anilines is 1. The van der Waals surface area contributed by atoms with Crippen LogP contribution in [0.25, 0.3) is 0 Å². The fourth-order valence-electron chi connectivity index (χ4n) is 2.56. The summed E-state index contributed by atoms with van der Waals surface area (Å²) in [6.45, 7) is 0.387. The van der Waals surface area contributed by atoms with Crippen molar-refractivity contribution in [3.05, 3.63) is 93.0 Å². The summed E-state index contributed by atoms with van der Waals surface area (Å²) in [7, 11) is 1.33. The lowest BCUT2D eigenvalue weighted by molar-refractivity contribution is -0.385. The van der Waals surface area contributed by atoms with Crippen LogP contribution in [0.1, 0.15) is 15.9 Å². The predicted octanol–water partition coefficient (Wildman–Crippen LogP) is 5.09. The van der Waals surface area contributed by atoms with Gasteiger partial charge in [0.1, 0.15) is 12.4 Å². The highest BCUT2D eigenvalue weighted by atomic mass is 35.5. The molecule has 0 fully saturated rings. The Balaban J connectivity index is 1.63. The van der Waals surface area contributed by atoms with Crippen LogP contribution >= 0.6 is 11.6 Å². The second-order valence-corrected chi connectivity index (χ2v) is 6.47. The first-order valence-electron chi connectivity index (χ1n) is 8.57. The molecule has 0 bridgehead atoms. The minimum absolute atomic E-state index is 0.0914. The summed E-state index contributed by atoms with van der Waals surface area (Å²) in [5.74, 6) is 0.261. The van der Waals surface area contributed by atoms with Gasteiger partial charge in [-0.15, -0.1) is 0 Å². The van der Waals surface area contributed by atoms with Crippen LogP contribution in [0, 0.1) is 10.1 Å². The van der Waals surface area contributed by atoms with Gasteiger partial charge in [-0.25, -0.2) is 0 Å². The molecule has 0 heterocycles. The van der Waals surface area contributed by atoms with Crippen molar-refractivity contribution in [3.63, 3.8) is 0 Å². The van der Waals surface area contributed by atoms with E-state index in [1.54, 1.807) is 36.4 Å². The lowest BCUT2D eigenvalue weighted by Gasteiger charge is -2.09. The summed E-state index contributed by atoms with van der Waals surface area (Å²) in [5.41, 5.74) is 1.40. The first-order valence-corrected chi connectivity index (χ1v) is 8.95. The lowest BCUT2D eigenvalue weighted by Crippen LogP contribution is -2.12. The van der Waals surface area contributed by atoms with Gasteiger partial charge in [0.05, 0.1) is 12.0 Å². The van der Waals surface area contributed by atoms with Crippen LogP contribution in [-0.4, -0.2) is 17.9 Å². The van der Waals surface area contributed by atoms with Gasteiger partial charge in [0.15, 0.2) is 5.75 Å². The van der Waals surface area contributed by atoms with E-state index >= 15 is 0 Å². The molecule has 148 valence electrons. The SMILES string of the molecule is COc1ccc(C(=O)Nc2ccc(OCc3ccc(Cl)cc3)cc2)cc1[N+](=O)[O-]. The second-order valence-electron chi connectivity index (χ2n) is 6.04. The first-order chi connectivity index (χ1) is 14.0. The van der Waals surface area contributed by atoms with Crippen molar-refractivity contribution in [3.8, 4) is 11.5 Å². The molecule has 29 heavy (non-hydrogen) atoms. The molecule has 0 aromatic heterocycles. The van der Waals surface area contributed by atoms with E-state index in [4.69, 9.17) is 21.1 Å². The summed E-state index contributed by atoms with van der Waals surface area (Å²) < 4.78 is 10.6. The minimum Gasteiger partial charge on any atom is -0.490 e.